The molecule has 1 unspecified atom stereocenters. The second kappa shape index (κ2) is 8.05. The second-order valence-electron chi connectivity index (χ2n) is 4.04. The highest BCUT2D eigenvalue weighted by Crippen LogP contribution is 2.28. The first-order valence-electron chi connectivity index (χ1n) is 5.87. The summed E-state index contributed by atoms with van der Waals surface area (Å²) in [5, 5.41) is 12.6. The minimum Gasteiger partial charge on any atom is -0.389 e. The predicted molar refractivity (Wildman–Crippen MR) is 58.9 cm³/mol. The Morgan fingerprint density at radius 3 is 2.87 bits per heavy atom. The second-order valence-corrected chi connectivity index (χ2v) is 4.04. The molecule has 0 spiro atoms. The van der Waals surface area contributed by atoms with Crippen LogP contribution in [0.2, 0.25) is 0 Å². The zero-order chi connectivity index (χ0) is 10.9. The largest absolute Gasteiger partial charge is 0.389 e. The van der Waals surface area contributed by atoms with E-state index in [1.54, 1.807) is 0 Å². The van der Waals surface area contributed by atoms with Gasteiger partial charge in [-0.3, -0.25) is 0 Å². The minimum absolute atomic E-state index is 0.398. The van der Waals surface area contributed by atoms with Crippen LogP contribution in [-0.4, -0.2) is 50.7 Å². The van der Waals surface area contributed by atoms with Crippen LogP contribution in [-0.2, 0) is 9.47 Å². The molecule has 4 nitrogen and oxygen atoms in total. The number of ether oxygens (including phenoxy) is 2. The lowest BCUT2D eigenvalue weighted by Crippen LogP contribution is -2.32. The van der Waals surface area contributed by atoms with Gasteiger partial charge >= 0.3 is 0 Å². The first kappa shape index (κ1) is 12.9. The summed E-state index contributed by atoms with van der Waals surface area (Å²) in [6, 6.07) is 0. The molecule has 90 valence electrons. The lowest BCUT2D eigenvalue weighted by Gasteiger charge is -2.12. The number of nitrogens with one attached hydrogen (secondary N) is 1. The number of aliphatic hydroxyl groups excluding tert-OH is 1. The van der Waals surface area contributed by atoms with Crippen LogP contribution >= 0.6 is 0 Å². The van der Waals surface area contributed by atoms with Crippen LogP contribution < -0.4 is 5.32 Å². The molecule has 1 aliphatic rings. The highest BCUT2D eigenvalue weighted by atomic mass is 16.5. The van der Waals surface area contributed by atoms with Crippen molar-refractivity contribution in [2.24, 2.45) is 5.92 Å². The maximum atomic E-state index is 9.51. The quantitative estimate of drug-likeness (QED) is 0.520. The van der Waals surface area contributed by atoms with Gasteiger partial charge in [0.2, 0.25) is 0 Å². The molecule has 0 heterocycles. The van der Waals surface area contributed by atoms with Crippen molar-refractivity contribution in [3.05, 3.63) is 0 Å². The van der Waals surface area contributed by atoms with Crippen LogP contribution in [0.25, 0.3) is 0 Å². The van der Waals surface area contributed by atoms with Gasteiger partial charge in [0.15, 0.2) is 0 Å². The smallest absolute Gasteiger partial charge is 0.0897 e. The van der Waals surface area contributed by atoms with Crippen molar-refractivity contribution in [3.63, 3.8) is 0 Å². The highest BCUT2D eigenvalue weighted by Gasteiger charge is 2.21. The molecule has 2 N–H and O–H groups in total. The normalized spacial score (nSPS) is 18.0. The molecule has 0 saturated heterocycles. The molecule has 1 atom stereocenters. The Bertz CT molecular complexity index is 151. The zero-order valence-electron chi connectivity index (χ0n) is 9.58. The Hall–Kier alpha value is -0.160. The minimum atomic E-state index is -0.398. The summed E-state index contributed by atoms with van der Waals surface area (Å²) in [6.07, 6.45) is 2.19. The van der Waals surface area contributed by atoms with Crippen LogP contribution in [0.15, 0.2) is 0 Å². The standard InChI is InChI=1S/C11H23NO3/c1-2-14-6-5-12-7-11(13)9-15-8-10-3-4-10/h10-13H,2-9H2,1H3. The van der Waals surface area contributed by atoms with Crippen molar-refractivity contribution >= 4 is 0 Å². The molecule has 0 radical (unpaired) electrons. The molecule has 1 saturated carbocycles. The van der Waals surface area contributed by atoms with Gasteiger partial charge in [-0.2, -0.15) is 0 Å². The van der Waals surface area contributed by atoms with Gasteiger partial charge in [-0.1, -0.05) is 0 Å². The molecule has 4 heteroatoms. The van der Waals surface area contributed by atoms with E-state index in [-0.39, 0.29) is 0 Å². The predicted octanol–water partition coefficient (Wildman–Crippen LogP) is 0.400. The fourth-order valence-electron chi connectivity index (χ4n) is 1.27. The third kappa shape index (κ3) is 7.73. The van der Waals surface area contributed by atoms with Gasteiger partial charge in [0.1, 0.15) is 0 Å². The molecule has 0 bridgehead atoms. The molecule has 1 aliphatic carbocycles. The zero-order valence-corrected chi connectivity index (χ0v) is 9.58. The molecule has 0 aromatic rings. The average Bonchev–Trinajstić information content (AvgIpc) is 3.01. The van der Waals surface area contributed by atoms with E-state index in [1.807, 2.05) is 6.92 Å². The fourth-order valence-corrected chi connectivity index (χ4v) is 1.27. The maximum absolute atomic E-state index is 9.51. The molecule has 15 heavy (non-hydrogen) atoms. The van der Waals surface area contributed by atoms with E-state index in [0.29, 0.717) is 19.8 Å². The summed E-state index contributed by atoms with van der Waals surface area (Å²) in [4.78, 5) is 0. The van der Waals surface area contributed by atoms with Crippen LogP contribution in [0.1, 0.15) is 19.8 Å². The number of rotatable bonds is 10. The van der Waals surface area contributed by atoms with Gasteiger partial charge in [-0.15, -0.1) is 0 Å². The topological polar surface area (TPSA) is 50.7 Å². The highest BCUT2D eigenvalue weighted by molar-refractivity contribution is 4.72. The summed E-state index contributed by atoms with van der Waals surface area (Å²) in [7, 11) is 0. The molecule has 1 rings (SSSR count). The Morgan fingerprint density at radius 2 is 2.20 bits per heavy atom. The summed E-state index contributed by atoms with van der Waals surface area (Å²) in [5.41, 5.74) is 0. The van der Waals surface area contributed by atoms with E-state index in [1.165, 1.54) is 12.8 Å². The summed E-state index contributed by atoms with van der Waals surface area (Å²) >= 11 is 0. The van der Waals surface area contributed by atoms with Crippen LogP contribution in [0.4, 0.5) is 0 Å². The van der Waals surface area contributed by atoms with Crippen molar-refractivity contribution in [3.8, 4) is 0 Å². The molecule has 0 amide bonds. The monoisotopic (exact) mass is 217 g/mol. The number of hydrogen-bond donors (Lipinski definition) is 2. The van der Waals surface area contributed by atoms with E-state index in [4.69, 9.17) is 9.47 Å². The van der Waals surface area contributed by atoms with Gasteiger partial charge in [-0.05, 0) is 25.7 Å². The van der Waals surface area contributed by atoms with Crippen LogP contribution in [0, 0.1) is 5.92 Å². The number of aliphatic hydroxyl groups is 1. The van der Waals surface area contributed by atoms with Gasteiger partial charge in [-0.25, -0.2) is 0 Å². The van der Waals surface area contributed by atoms with E-state index in [9.17, 15) is 5.11 Å². The van der Waals surface area contributed by atoms with Crippen molar-refractivity contribution < 1.29 is 14.6 Å². The summed E-state index contributed by atoms with van der Waals surface area (Å²) < 4.78 is 10.5. The molecular weight excluding hydrogens is 194 g/mol. The summed E-state index contributed by atoms with van der Waals surface area (Å²) in [5.74, 6) is 0.767. The van der Waals surface area contributed by atoms with Crippen LogP contribution in [0.3, 0.4) is 0 Å². The molecule has 1 fully saturated rings. The Morgan fingerprint density at radius 1 is 1.40 bits per heavy atom. The van der Waals surface area contributed by atoms with Gasteiger partial charge in [0.25, 0.3) is 0 Å². The molecular formula is C11H23NO3. The molecule has 0 aromatic heterocycles. The lowest BCUT2D eigenvalue weighted by molar-refractivity contribution is 0.0315. The third-order valence-corrected chi connectivity index (χ3v) is 2.37. The van der Waals surface area contributed by atoms with Crippen molar-refractivity contribution in [1.29, 1.82) is 0 Å². The number of hydrogen-bond acceptors (Lipinski definition) is 4. The Labute approximate surface area is 92.0 Å². The SMILES string of the molecule is CCOCCNCC(O)COCC1CC1. The first-order valence-corrected chi connectivity index (χ1v) is 5.87. The van der Waals surface area contributed by atoms with Gasteiger partial charge in [0.05, 0.1) is 19.3 Å². The Kier molecular flexibility index (Phi) is 6.92. The molecule has 0 aliphatic heterocycles. The van der Waals surface area contributed by atoms with E-state index in [2.05, 4.69) is 5.32 Å². The molecule has 0 aromatic carbocycles. The fraction of sp³-hybridized carbons (Fsp3) is 1.00. The maximum Gasteiger partial charge on any atom is 0.0897 e. The van der Waals surface area contributed by atoms with Crippen molar-refractivity contribution in [1.82, 2.24) is 5.32 Å². The summed E-state index contributed by atoms with van der Waals surface area (Å²) in [6.45, 7) is 6.04. The van der Waals surface area contributed by atoms with E-state index < -0.39 is 6.10 Å². The van der Waals surface area contributed by atoms with Crippen LogP contribution in [0.5, 0.6) is 0 Å². The first-order chi connectivity index (χ1) is 7.33. The van der Waals surface area contributed by atoms with Crippen molar-refractivity contribution in [2.45, 2.75) is 25.9 Å². The average molecular weight is 217 g/mol. The Balaban J connectivity index is 1.77. The van der Waals surface area contributed by atoms with E-state index in [0.717, 1.165) is 25.7 Å². The van der Waals surface area contributed by atoms with Crippen molar-refractivity contribution in [2.75, 3.05) is 39.5 Å². The van der Waals surface area contributed by atoms with Gasteiger partial charge in [0, 0.05) is 26.3 Å². The van der Waals surface area contributed by atoms with E-state index >= 15 is 0 Å². The lowest BCUT2D eigenvalue weighted by atomic mass is 10.3. The van der Waals surface area contributed by atoms with Gasteiger partial charge < -0.3 is 19.9 Å². The third-order valence-electron chi connectivity index (χ3n) is 2.37.